The summed E-state index contributed by atoms with van der Waals surface area (Å²) in [4.78, 5) is 4.23. The van der Waals surface area contributed by atoms with Gasteiger partial charge in [-0.2, -0.15) is 5.26 Å². The zero-order valence-corrected chi connectivity index (χ0v) is 7.38. The van der Waals surface area contributed by atoms with E-state index < -0.39 is 0 Å². The van der Waals surface area contributed by atoms with Gasteiger partial charge in [0.2, 0.25) is 5.96 Å². The van der Waals surface area contributed by atoms with Gasteiger partial charge in [0.25, 0.3) is 0 Å². The molecule has 1 atom stereocenters. The monoisotopic (exact) mass is 176 g/mol. The van der Waals surface area contributed by atoms with Gasteiger partial charge >= 0.3 is 0 Å². The third-order valence-electron chi connectivity index (χ3n) is 2.47. The van der Waals surface area contributed by atoms with Crippen LogP contribution in [0.4, 0.5) is 0 Å². The molecule has 2 aliphatic rings. The predicted molar refractivity (Wildman–Crippen MR) is 49.6 cm³/mol. The maximum absolute atomic E-state index is 8.41. The molecule has 0 radical (unpaired) electrons. The van der Waals surface area contributed by atoms with Gasteiger partial charge in [-0.3, -0.25) is 10.3 Å². The average molecular weight is 176 g/mol. The fraction of sp³-hybridized carbons (Fsp3) is 0.556. The Morgan fingerprint density at radius 2 is 2.62 bits per heavy atom. The van der Waals surface area contributed by atoms with E-state index >= 15 is 0 Å². The average Bonchev–Trinajstić information content (AvgIpc) is 2.18. The van der Waals surface area contributed by atoms with Crippen molar-refractivity contribution in [2.24, 2.45) is 10.9 Å². The second-order valence-electron chi connectivity index (χ2n) is 3.34. The summed E-state index contributed by atoms with van der Waals surface area (Å²) < 4.78 is 0. The highest BCUT2D eigenvalue weighted by molar-refractivity contribution is 5.83. The van der Waals surface area contributed by atoms with Gasteiger partial charge in [-0.15, -0.1) is 0 Å². The molecule has 0 fully saturated rings. The molecule has 0 bridgehead atoms. The Balaban J connectivity index is 2.09. The molecule has 1 heterocycles. The van der Waals surface area contributed by atoms with Crippen molar-refractivity contribution in [1.29, 1.82) is 5.26 Å². The molecular weight excluding hydrogens is 164 g/mol. The van der Waals surface area contributed by atoms with Crippen LogP contribution in [-0.4, -0.2) is 12.5 Å². The van der Waals surface area contributed by atoms with Crippen LogP contribution in [0.15, 0.2) is 16.8 Å². The Hall–Kier alpha value is -1.50. The van der Waals surface area contributed by atoms with Gasteiger partial charge < -0.3 is 5.32 Å². The molecule has 4 heteroatoms. The van der Waals surface area contributed by atoms with Crippen LogP contribution in [0.3, 0.4) is 0 Å². The largest absolute Gasteiger partial charge is 0.329 e. The molecule has 13 heavy (non-hydrogen) atoms. The molecule has 1 aliphatic heterocycles. The van der Waals surface area contributed by atoms with Crippen molar-refractivity contribution in [2.45, 2.75) is 19.3 Å². The summed E-state index contributed by atoms with van der Waals surface area (Å²) in [6.07, 6.45) is 7.68. The molecule has 0 saturated heterocycles. The summed E-state index contributed by atoms with van der Waals surface area (Å²) in [6.45, 7) is 0.808. The van der Waals surface area contributed by atoms with Crippen molar-refractivity contribution in [3.05, 3.63) is 11.8 Å². The maximum Gasteiger partial charge on any atom is 0.208 e. The molecule has 68 valence electrons. The van der Waals surface area contributed by atoms with Crippen molar-refractivity contribution in [2.75, 3.05) is 6.54 Å². The van der Waals surface area contributed by atoms with Crippen LogP contribution < -0.4 is 10.6 Å². The second kappa shape index (κ2) is 3.48. The van der Waals surface area contributed by atoms with Gasteiger partial charge in [0.05, 0.1) is 6.54 Å². The minimum Gasteiger partial charge on any atom is -0.329 e. The van der Waals surface area contributed by atoms with Crippen LogP contribution in [0.2, 0.25) is 0 Å². The number of fused-ring (bicyclic) bond motifs is 1. The SMILES string of the molecule is N#CNC1=NCC2CCCC=C2N1. The van der Waals surface area contributed by atoms with Crippen molar-refractivity contribution >= 4 is 5.96 Å². The molecule has 2 N–H and O–H groups in total. The lowest BCUT2D eigenvalue weighted by atomic mass is 9.91. The lowest BCUT2D eigenvalue weighted by molar-refractivity contribution is 0.489. The first kappa shape index (κ1) is 8.11. The van der Waals surface area contributed by atoms with E-state index in [1.165, 1.54) is 18.5 Å². The molecule has 0 aromatic carbocycles. The topological polar surface area (TPSA) is 60.2 Å². The highest BCUT2D eigenvalue weighted by atomic mass is 15.2. The first-order chi connectivity index (χ1) is 6.40. The summed E-state index contributed by atoms with van der Waals surface area (Å²) in [6, 6.07) is 0. The van der Waals surface area contributed by atoms with Crippen LogP contribution in [0.5, 0.6) is 0 Å². The fourth-order valence-electron chi connectivity index (χ4n) is 1.79. The first-order valence-corrected chi connectivity index (χ1v) is 4.57. The number of hydrogen-bond donors (Lipinski definition) is 2. The zero-order chi connectivity index (χ0) is 9.10. The summed E-state index contributed by atoms with van der Waals surface area (Å²) in [7, 11) is 0. The van der Waals surface area contributed by atoms with Crippen molar-refractivity contribution in [3.63, 3.8) is 0 Å². The maximum atomic E-state index is 8.41. The molecule has 1 unspecified atom stereocenters. The zero-order valence-electron chi connectivity index (χ0n) is 7.38. The molecule has 0 aromatic heterocycles. The first-order valence-electron chi connectivity index (χ1n) is 4.57. The van der Waals surface area contributed by atoms with Gasteiger partial charge in [-0.1, -0.05) is 6.08 Å². The fourth-order valence-corrected chi connectivity index (χ4v) is 1.79. The van der Waals surface area contributed by atoms with E-state index in [0.29, 0.717) is 11.9 Å². The summed E-state index contributed by atoms with van der Waals surface area (Å²) in [5.41, 5.74) is 1.24. The Bertz CT molecular complexity index is 297. The van der Waals surface area contributed by atoms with E-state index in [-0.39, 0.29) is 0 Å². The second-order valence-corrected chi connectivity index (χ2v) is 3.34. The van der Waals surface area contributed by atoms with Gasteiger partial charge in [-0.05, 0) is 19.3 Å². The van der Waals surface area contributed by atoms with Crippen LogP contribution in [0.1, 0.15) is 19.3 Å². The Morgan fingerprint density at radius 3 is 3.46 bits per heavy atom. The van der Waals surface area contributed by atoms with Crippen molar-refractivity contribution in [3.8, 4) is 6.19 Å². The third kappa shape index (κ3) is 1.64. The molecule has 1 aliphatic carbocycles. The molecule has 2 rings (SSSR count). The Morgan fingerprint density at radius 1 is 1.69 bits per heavy atom. The van der Waals surface area contributed by atoms with Crippen molar-refractivity contribution in [1.82, 2.24) is 10.6 Å². The quantitative estimate of drug-likeness (QED) is 0.422. The third-order valence-corrected chi connectivity index (χ3v) is 2.47. The van der Waals surface area contributed by atoms with Crippen LogP contribution in [0.25, 0.3) is 0 Å². The number of hydrogen-bond acceptors (Lipinski definition) is 4. The van der Waals surface area contributed by atoms with E-state index in [2.05, 4.69) is 21.7 Å². The normalized spacial score (nSPS) is 25.9. The predicted octanol–water partition coefficient (Wildman–Crippen LogP) is 0.700. The highest BCUT2D eigenvalue weighted by Crippen LogP contribution is 2.24. The van der Waals surface area contributed by atoms with Gasteiger partial charge in [0, 0.05) is 11.6 Å². The van der Waals surface area contributed by atoms with E-state index in [1.807, 2.05) is 6.19 Å². The summed E-state index contributed by atoms with van der Waals surface area (Å²) in [5.74, 6) is 1.14. The van der Waals surface area contributed by atoms with Gasteiger partial charge in [0.15, 0.2) is 6.19 Å². The summed E-state index contributed by atoms with van der Waals surface area (Å²) >= 11 is 0. The molecule has 0 spiro atoms. The number of nitrogens with zero attached hydrogens (tertiary/aromatic N) is 2. The minimum atomic E-state index is 0.554. The minimum absolute atomic E-state index is 0.554. The van der Waals surface area contributed by atoms with E-state index in [0.717, 1.165) is 13.0 Å². The number of nitriles is 1. The van der Waals surface area contributed by atoms with Gasteiger partial charge in [-0.25, -0.2) is 0 Å². The van der Waals surface area contributed by atoms with E-state index in [9.17, 15) is 0 Å². The molecule has 0 saturated carbocycles. The molecular formula is C9H12N4. The smallest absolute Gasteiger partial charge is 0.208 e. The number of aliphatic imine (C=N–C) groups is 1. The summed E-state index contributed by atoms with van der Waals surface area (Å²) in [5, 5.41) is 14.1. The molecule has 0 amide bonds. The highest BCUT2D eigenvalue weighted by Gasteiger charge is 2.22. The number of nitrogens with one attached hydrogen (secondary N) is 2. The molecule has 0 aromatic rings. The van der Waals surface area contributed by atoms with Crippen LogP contribution >= 0.6 is 0 Å². The lowest BCUT2D eigenvalue weighted by Crippen LogP contribution is -2.41. The Kier molecular flexibility index (Phi) is 2.17. The number of allylic oxidation sites excluding steroid dienone is 1. The van der Waals surface area contributed by atoms with Gasteiger partial charge in [0.1, 0.15) is 0 Å². The molecule has 4 nitrogen and oxygen atoms in total. The standard InChI is InChI=1S/C9H12N4/c10-6-12-9-11-5-7-3-1-2-4-8(7)13-9/h4,7H,1-3,5H2,(H2,11,12,13). The number of rotatable bonds is 0. The van der Waals surface area contributed by atoms with Crippen LogP contribution in [0, 0.1) is 17.4 Å². The lowest BCUT2D eigenvalue weighted by Gasteiger charge is -2.28. The van der Waals surface area contributed by atoms with E-state index in [1.54, 1.807) is 0 Å². The number of guanidine groups is 1. The Labute approximate surface area is 77.3 Å². The van der Waals surface area contributed by atoms with Crippen molar-refractivity contribution < 1.29 is 0 Å². The van der Waals surface area contributed by atoms with E-state index in [4.69, 9.17) is 5.26 Å². The van der Waals surface area contributed by atoms with Crippen LogP contribution in [-0.2, 0) is 0 Å².